The number of hydrogen-bond acceptors (Lipinski definition) is 5. The fourth-order valence-corrected chi connectivity index (χ4v) is 1.83. The quantitative estimate of drug-likeness (QED) is 0.763. The Hall–Kier alpha value is -2.57. The molecule has 7 nitrogen and oxygen atoms in total. The molecule has 0 radical (unpaired) electrons. The van der Waals surface area contributed by atoms with Crippen molar-refractivity contribution >= 4 is 17.7 Å². The average molecular weight is 303 g/mol. The lowest BCUT2D eigenvalue weighted by molar-refractivity contribution is 0.251. The second kappa shape index (κ2) is 7.44. The van der Waals surface area contributed by atoms with Crippen LogP contribution in [0, 0.1) is 0 Å². The molecule has 22 heavy (non-hydrogen) atoms. The summed E-state index contributed by atoms with van der Waals surface area (Å²) >= 11 is 0. The molecule has 3 N–H and O–H groups in total. The molecule has 0 spiro atoms. The lowest BCUT2D eigenvalue weighted by atomic mass is 10.2. The van der Waals surface area contributed by atoms with Crippen LogP contribution in [-0.2, 0) is 6.54 Å². The standard InChI is InChI=1S/C15H21N5O2/c1-4-16-13-7-11(5-6-17-13)9-18-15(21)19-14-8-12(10(2)3)22-20-14/h5-8,10H,4,9H2,1-3H3,(H,16,17)(H2,18,19,20,21). The molecule has 118 valence electrons. The normalized spacial score (nSPS) is 10.5. The summed E-state index contributed by atoms with van der Waals surface area (Å²) < 4.78 is 5.12. The Labute approximate surface area is 129 Å². The van der Waals surface area contributed by atoms with Gasteiger partial charge in [-0.3, -0.25) is 5.32 Å². The van der Waals surface area contributed by atoms with Crippen molar-refractivity contribution < 1.29 is 9.32 Å². The molecule has 2 rings (SSSR count). The van der Waals surface area contributed by atoms with Gasteiger partial charge in [0.25, 0.3) is 0 Å². The summed E-state index contributed by atoms with van der Waals surface area (Å²) in [5, 5.41) is 12.3. The van der Waals surface area contributed by atoms with Crippen LogP contribution < -0.4 is 16.0 Å². The van der Waals surface area contributed by atoms with Gasteiger partial charge >= 0.3 is 6.03 Å². The van der Waals surface area contributed by atoms with Crippen LogP contribution in [0.3, 0.4) is 0 Å². The zero-order valence-corrected chi connectivity index (χ0v) is 13.0. The smallest absolute Gasteiger partial charge is 0.320 e. The first-order valence-corrected chi connectivity index (χ1v) is 7.28. The Morgan fingerprint density at radius 1 is 1.32 bits per heavy atom. The molecule has 0 bridgehead atoms. The van der Waals surface area contributed by atoms with Gasteiger partial charge in [-0.05, 0) is 24.6 Å². The summed E-state index contributed by atoms with van der Waals surface area (Å²) in [4.78, 5) is 16.0. The van der Waals surface area contributed by atoms with Crippen LogP contribution in [0.4, 0.5) is 16.4 Å². The van der Waals surface area contributed by atoms with Crippen molar-refractivity contribution in [2.75, 3.05) is 17.2 Å². The number of amides is 2. The predicted octanol–water partition coefficient (Wildman–Crippen LogP) is 2.95. The van der Waals surface area contributed by atoms with E-state index in [0.29, 0.717) is 12.4 Å². The first-order chi connectivity index (χ1) is 10.6. The molecule has 0 aromatic carbocycles. The molecule has 0 atom stereocenters. The van der Waals surface area contributed by atoms with E-state index in [9.17, 15) is 4.79 Å². The van der Waals surface area contributed by atoms with E-state index in [1.807, 2.05) is 32.9 Å². The molecule has 2 aromatic heterocycles. The van der Waals surface area contributed by atoms with E-state index in [0.717, 1.165) is 23.7 Å². The van der Waals surface area contributed by atoms with Gasteiger partial charge in [0, 0.05) is 31.3 Å². The van der Waals surface area contributed by atoms with Crippen molar-refractivity contribution in [2.24, 2.45) is 0 Å². The molecule has 0 saturated heterocycles. The number of nitrogens with zero attached hydrogens (tertiary/aromatic N) is 2. The number of urea groups is 1. The van der Waals surface area contributed by atoms with Gasteiger partial charge in [0.15, 0.2) is 5.82 Å². The van der Waals surface area contributed by atoms with Crippen LogP contribution in [0.1, 0.15) is 38.0 Å². The molecule has 0 fully saturated rings. The Morgan fingerprint density at radius 3 is 2.82 bits per heavy atom. The maximum atomic E-state index is 11.8. The highest BCUT2D eigenvalue weighted by molar-refractivity contribution is 5.88. The number of rotatable bonds is 6. The largest absolute Gasteiger partial charge is 0.370 e. The number of pyridine rings is 1. The Kier molecular flexibility index (Phi) is 5.35. The molecule has 7 heteroatoms. The summed E-state index contributed by atoms with van der Waals surface area (Å²) in [5.74, 6) is 2.16. The van der Waals surface area contributed by atoms with Gasteiger partial charge in [0.1, 0.15) is 11.6 Å². The van der Waals surface area contributed by atoms with Gasteiger partial charge in [-0.1, -0.05) is 19.0 Å². The first-order valence-electron chi connectivity index (χ1n) is 7.28. The van der Waals surface area contributed by atoms with Crippen molar-refractivity contribution in [3.8, 4) is 0 Å². The SMILES string of the molecule is CCNc1cc(CNC(=O)Nc2cc(C(C)C)on2)ccn1. The van der Waals surface area contributed by atoms with Gasteiger partial charge in [-0.25, -0.2) is 9.78 Å². The summed E-state index contributed by atoms with van der Waals surface area (Å²) in [6.45, 7) is 7.20. The second-order valence-electron chi connectivity index (χ2n) is 5.16. The Balaban J connectivity index is 1.85. The van der Waals surface area contributed by atoms with Crippen LogP contribution >= 0.6 is 0 Å². The highest BCUT2D eigenvalue weighted by Crippen LogP contribution is 2.17. The lowest BCUT2D eigenvalue weighted by Gasteiger charge is -2.07. The summed E-state index contributed by atoms with van der Waals surface area (Å²) in [6.07, 6.45) is 1.71. The van der Waals surface area contributed by atoms with E-state index in [-0.39, 0.29) is 11.9 Å². The fraction of sp³-hybridized carbons (Fsp3) is 0.400. The molecule has 0 saturated carbocycles. The molecule has 0 aliphatic carbocycles. The molecule has 2 amide bonds. The van der Waals surface area contributed by atoms with Gasteiger partial charge in [0.05, 0.1) is 0 Å². The summed E-state index contributed by atoms with van der Waals surface area (Å²) in [7, 11) is 0. The zero-order chi connectivity index (χ0) is 15.9. The maximum Gasteiger partial charge on any atom is 0.320 e. The van der Waals surface area contributed by atoms with Crippen LogP contribution in [-0.4, -0.2) is 22.7 Å². The third-order valence-corrected chi connectivity index (χ3v) is 2.97. The van der Waals surface area contributed by atoms with Crippen LogP contribution in [0.5, 0.6) is 0 Å². The van der Waals surface area contributed by atoms with Crippen LogP contribution in [0.25, 0.3) is 0 Å². The second-order valence-corrected chi connectivity index (χ2v) is 5.16. The third-order valence-electron chi connectivity index (χ3n) is 2.97. The molecule has 0 aliphatic rings. The molecule has 2 aromatic rings. The zero-order valence-electron chi connectivity index (χ0n) is 13.0. The van der Waals surface area contributed by atoms with Gasteiger partial charge in [0.2, 0.25) is 0 Å². The van der Waals surface area contributed by atoms with E-state index in [1.165, 1.54) is 0 Å². The minimum Gasteiger partial charge on any atom is -0.370 e. The minimum atomic E-state index is -0.328. The van der Waals surface area contributed by atoms with Crippen molar-refractivity contribution in [3.63, 3.8) is 0 Å². The molecule has 2 heterocycles. The highest BCUT2D eigenvalue weighted by Gasteiger charge is 2.10. The number of carbonyl (C=O) groups is 1. The molecule has 0 aliphatic heterocycles. The number of carbonyl (C=O) groups excluding carboxylic acids is 1. The number of hydrogen-bond donors (Lipinski definition) is 3. The van der Waals surface area contributed by atoms with E-state index in [4.69, 9.17) is 4.52 Å². The van der Waals surface area contributed by atoms with Gasteiger partial charge < -0.3 is 15.2 Å². The predicted molar refractivity (Wildman–Crippen MR) is 84.9 cm³/mol. The van der Waals surface area contributed by atoms with Gasteiger partial charge in [-0.2, -0.15) is 0 Å². The first kappa shape index (κ1) is 15.8. The van der Waals surface area contributed by atoms with E-state index in [1.54, 1.807) is 12.3 Å². The highest BCUT2D eigenvalue weighted by atomic mass is 16.5. The van der Waals surface area contributed by atoms with Crippen molar-refractivity contribution in [1.82, 2.24) is 15.5 Å². The molecular formula is C15H21N5O2. The van der Waals surface area contributed by atoms with Crippen molar-refractivity contribution in [1.29, 1.82) is 0 Å². The topological polar surface area (TPSA) is 92.1 Å². The van der Waals surface area contributed by atoms with Crippen LogP contribution in [0.2, 0.25) is 0 Å². The summed E-state index contributed by atoms with van der Waals surface area (Å²) in [5.41, 5.74) is 0.962. The Bertz CT molecular complexity index is 624. The van der Waals surface area contributed by atoms with Crippen molar-refractivity contribution in [3.05, 3.63) is 35.7 Å². The number of anilines is 2. The monoisotopic (exact) mass is 303 g/mol. The fourth-order valence-electron chi connectivity index (χ4n) is 1.83. The number of aromatic nitrogens is 2. The molecular weight excluding hydrogens is 282 g/mol. The molecule has 0 unspecified atom stereocenters. The number of nitrogens with one attached hydrogen (secondary N) is 3. The Morgan fingerprint density at radius 2 is 2.14 bits per heavy atom. The van der Waals surface area contributed by atoms with E-state index in [2.05, 4.69) is 26.1 Å². The summed E-state index contributed by atoms with van der Waals surface area (Å²) in [6, 6.07) is 5.15. The van der Waals surface area contributed by atoms with Crippen molar-refractivity contribution in [2.45, 2.75) is 33.2 Å². The average Bonchev–Trinajstić information content (AvgIpc) is 2.95. The third kappa shape index (κ3) is 4.47. The van der Waals surface area contributed by atoms with E-state index < -0.39 is 0 Å². The maximum absolute atomic E-state index is 11.8. The van der Waals surface area contributed by atoms with Crippen LogP contribution in [0.15, 0.2) is 28.9 Å². The minimum absolute atomic E-state index is 0.229. The van der Waals surface area contributed by atoms with E-state index >= 15 is 0 Å². The van der Waals surface area contributed by atoms with Gasteiger partial charge in [-0.15, -0.1) is 0 Å². The lowest BCUT2D eigenvalue weighted by Crippen LogP contribution is -2.28.